The van der Waals surface area contributed by atoms with Crippen molar-refractivity contribution in [1.29, 1.82) is 0 Å². The van der Waals surface area contributed by atoms with E-state index in [1.807, 2.05) is 16.2 Å². The molecule has 4 heteroatoms. The number of piperazine rings is 1. The molecule has 118 valence electrons. The van der Waals surface area contributed by atoms with E-state index in [1.165, 1.54) is 9.75 Å². The lowest BCUT2D eigenvalue weighted by Gasteiger charge is -2.27. The van der Waals surface area contributed by atoms with Crippen LogP contribution in [0.3, 0.4) is 0 Å². The summed E-state index contributed by atoms with van der Waals surface area (Å²) in [6.07, 6.45) is 2.81. The number of nitrogens with zero attached hydrogens (tertiary/aromatic N) is 1. The molecule has 1 aromatic rings. The summed E-state index contributed by atoms with van der Waals surface area (Å²) in [4.78, 5) is 17.1. The molecule has 0 bridgehead atoms. The molecule has 0 saturated carbocycles. The van der Waals surface area contributed by atoms with Crippen molar-refractivity contribution >= 4 is 17.2 Å². The number of thiophene rings is 1. The summed E-state index contributed by atoms with van der Waals surface area (Å²) < 4.78 is 0. The molecule has 0 aromatic carbocycles. The van der Waals surface area contributed by atoms with Crippen molar-refractivity contribution in [2.75, 3.05) is 26.2 Å². The van der Waals surface area contributed by atoms with Gasteiger partial charge in [0.15, 0.2) is 0 Å². The minimum atomic E-state index is 0.322. The Hall–Kier alpha value is -0.870. The lowest BCUT2D eigenvalue weighted by Crippen LogP contribution is -2.46. The summed E-state index contributed by atoms with van der Waals surface area (Å²) in [7, 11) is 0. The Morgan fingerprint density at radius 3 is 2.67 bits per heavy atom. The maximum absolute atomic E-state index is 12.2. The third-order valence-corrected chi connectivity index (χ3v) is 5.38. The van der Waals surface area contributed by atoms with E-state index >= 15 is 0 Å². The van der Waals surface area contributed by atoms with Gasteiger partial charge in [0.05, 0.1) is 0 Å². The fourth-order valence-electron chi connectivity index (χ4n) is 2.73. The highest BCUT2D eigenvalue weighted by atomic mass is 32.1. The van der Waals surface area contributed by atoms with E-state index in [1.54, 1.807) is 0 Å². The van der Waals surface area contributed by atoms with Crippen LogP contribution in [0.15, 0.2) is 12.1 Å². The van der Waals surface area contributed by atoms with Crippen LogP contribution in [0, 0.1) is 5.92 Å². The van der Waals surface area contributed by atoms with Crippen LogP contribution < -0.4 is 5.32 Å². The molecular weight excluding hydrogens is 280 g/mol. The fourth-order valence-corrected chi connectivity index (χ4v) is 4.04. The van der Waals surface area contributed by atoms with Crippen LogP contribution in [0.25, 0.3) is 0 Å². The topological polar surface area (TPSA) is 32.3 Å². The number of nitrogens with one attached hydrogen (secondary N) is 1. The summed E-state index contributed by atoms with van der Waals surface area (Å²) in [6, 6.07) is 4.51. The second-order valence-corrected chi connectivity index (χ2v) is 7.67. The van der Waals surface area contributed by atoms with Gasteiger partial charge in [0.2, 0.25) is 5.91 Å². The van der Waals surface area contributed by atoms with E-state index < -0.39 is 0 Å². The van der Waals surface area contributed by atoms with Gasteiger partial charge in [0.25, 0.3) is 0 Å². The van der Waals surface area contributed by atoms with Gasteiger partial charge in [0, 0.05) is 42.4 Å². The van der Waals surface area contributed by atoms with Gasteiger partial charge in [-0.05, 0) is 36.8 Å². The van der Waals surface area contributed by atoms with Crippen LogP contribution in [0.1, 0.15) is 49.3 Å². The third-order valence-electron chi connectivity index (χ3n) is 4.04. The first-order chi connectivity index (χ1) is 10.1. The van der Waals surface area contributed by atoms with Crippen molar-refractivity contribution in [3.63, 3.8) is 0 Å². The van der Waals surface area contributed by atoms with Crippen molar-refractivity contribution in [3.8, 4) is 0 Å². The van der Waals surface area contributed by atoms with E-state index in [0.29, 0.717) is 24.2 Å². The molecule has 0 spiro atoms. The Morgan fingerprint density at radius 1 is 1.29 bits per heavy atom. The molecule has 1 saturated heterocycles. The van der Waals surface area contributed by atoms with Gasteiger partial charge in [-0.25, -0.2) is 0 Å². The molecule has 2 heterocycles. The predicted octanol–water partition coefficient (Wildman–Crippen LogP) is 3.26. The molecule has 0 aliphatic carbocycles. The third kappa shape index (κ3) is 5.11. The van der Waals surface area contributed by atoms with Crippen LogP contribution in [0.4, 0.5) is 0 Å². The summed E-state index contributed by atoms with van der Waals surface area (Å²) in [5.41, 5.74) is 0. The summed E-state index contributed by atoms with van der Waals surface area (Å²) in [5.74, 6) is 1.52. The van der Waals surface area contributed by atoms with Crippen molar-refractivity contribution in [2.24, 2.45) is 5.92 Å². The SMILES string of the molecule is CC(C)Cc1ccc(C(C)CCC(=O)N2CCNCC2)s1. The largest absolute Gasteiger partial charge is 0.340 e. The highest BCUT2D eigenvalue weighted by Gasteiger charge is 2.18. The minimum absolute atomic E-state index is 0.322. The van der Waals surface area contributed by atoms with Crippen LogP contribution >= 0.6 is 11.3 Å². The zero-order valence-corrected chi connectivity index (χ0v) is 14.3. The molecule has 2 rings (SSSR count). The van der Waals surface area contributed by atoms with E-state index in [-0.39, 0.29) is 0 Å². The maximum atomic E-state index is 12.2. The van der Waals surface area contributed by atoms with Crippen molar-refractivity contribution in [1.82, 2.24) is 10.2 Å². The first-order valence-corrected chi connectivity index (χ1v) is 8.95. The zero-order chi connectivity index (χ0) is 15.2. The molecule has 1 aromatic heterocycles. The number of hydrogen-bond acceptors (Lipinski definition) is 3. The van der Waals surface area contributed by atoms with E-state index in [2.05, 4.69) is 38.2 Å². The second kappa shape index (κ2) is 7.95. The molecular formula is C17H28N2OS. The first-order valence-electron chi connectivity index (χ1n) is 8.13. The number of hydrogen-bond donors (Lipinski definition) is 1. The molecule has 1 atom stereocenters. The van der Waals surface area contributed by atoms with Gasteiger partial charge in [-0.15, -0.1) is 11.3 Å². The van der Waals surface area contributed by atoms with Crippen LogP contribution in [-0.2, 0) is 11.2 Å². The number of carbonyl (C=O) groups excluding carboxylic acids is 1. The van der Waals surface area contributed by atoms with Crippen molar-refractivity contribution in [3.05, 3.63) is 21.9 Å². The number of amides is 1. The Morgan fingerprint density at radius 2 is 2.00 bits per heavy atom. The number of carbonyl (C=O) groups is 1. The average molecular weight is 308 g/mol. The summed E-state index contributed by atoms with van der Waals surface area (Å²) in [5, 5.41) is 3.29. The quantitative estimate of drug-likeness (QED) is 0.875. The van der Waals surface area contributed by atoms with E-state index in [0.717, 1.165) is 39.0 Å². The second-order valence-electron chi connectivity index (χ2n) is 6.47. The Labute approximate surface area is 132 Å². The first kappa shape index (κ1) is 16.5. The normalized spacial score (nSPS) is 17.2. The molecule has 1 N–H and O–H groups in total. The highest BCUT2D eigenvalue weighted by Crippen LogP contribution is 2.29. The van der Waals surface area contributed by atoms with Crippen molar-refractivity contribution in [2.45, 2.75) is 46.0 Å². The van der Waals surface area contributed by atoms with Gasteiger partial charge in [0.1, 0.15) is 0 Å². The van der Waals surface area contributed by atoms with Crippen LogP contribution in [-0.4, -0.2) is 37.0 Å². The zero-order valence-electron chi connectivity index (χ0n) is 13.5. The summed E-state index contributed by atoms with van der Waals surface area (Å²) >= 11 is 1.92. The van der Waals surface area contributed by atoms with Gasteiger partial charge in [-0.2, -0.15) is 0 Å². The Balaban J connectivity index is 1.79. The smallest absolute Gasteiger partial charge is 0.222 e. The van der Waals surface area contributed by atoms with Crippen LogP contribution in [0.2, 0.25) is 0 Å². The van der Waals surface area contributed by atoms with E-state index in [9.17, 15) is 4.79 Å². The number of rotatable bonds is 6. The molecule has 1 amide bonds. The fraction of sp³-hybridized carbons (Fsp3) is 0.706. The molecule has 1 aliphatic rings. The summed E-state index contributed by atoms with van der Waals surface area (Å²) in [6.45, 7) is 10.4. The molecule has 21 heavy (non-hydrogen) atoms. The van der Waals surface area contributed by atoms with Gasteiger partial charge in [-0.3, -0.25) is 4.79 Å². The van der Waals surface area contributed by atoms with E-state index in [4.69, 9.17) is 0 Å². The highest BCUT2D eigenvalue weighted by molar-refractivity contribution is 7.12. The Bertz CT molecular complexity index is 449. The van der Waals surface area contributed by atoms with Gasteiger partial charge >= 0.3 is 0 Å². The maximum Gasteiger partial charge on any atom is 0.222 e. The molecule has 1 fully saturated rings. The lowest BCUT2D eigenvalue weighted by molar-refractivity contribution is -0.131. The molecule has 0 radical (unpaired) electrons. The Kier molecular flexibility index (Phi) is 6.24. The van der Waals surface area contributed by atoms with Gasteiger partial charge < -0.3 is 10.2 Å². The molecule has 1 aliphatic heterocycles. The standard InChI is InChI=1S/C17H28N2OS/c1-13(2)12-15-5-6-16(21-15)14(3)4-7-17(20)19-10-8-18-9-11-19/h5-6,13-14,18H,4,7-12H2,1-3H3. The van der Waals surface area contributed by atoms with Gasteiger partial charge in [-0.1, -0.05) is 20.8 Å². The molecule has 3 nitrogen and oxygen atoms in total. The monoisotopic (exact) mass is 308 g/mol. The van der Waals surface area contributed by atoms with Crippen molar-refractivity contribution < 1.29 is 4.79 Å². The predicted molar refractivity (Wildman–Crippen MR) is 90.0 cm³/mol. The lowest BCUT2D eigenvalue weighted by atomic mass is 10.0. The molecule has 1 unspecified atom stereocenters. The average Bonchev–Trinajstić information content (AvgIpc) is 2.93. The van der Waals surface area contributed by atoms with Crippen LogP contribution in [0.5, 0.6) is 0 Å². The minimum Gasteiger partial charge on any atom is -0.340 e.